The van der Waals surface area contributed by atoms with Gasteiger partial charge in [-0.2, -0.15) is 5.26 Å². The Morgan fingerprint density at radius 1 is 1.39 bits per heavy atom. The van der Waals surface area contributed by atoms with Crippen LogP contribution in [0, 0.1) is 30.1 Å². The first kappa shape index (κ1) is 13.6. The summed E-state index contributed by atoms with van der Waals surface area (Å²) in [6, 6.07) is 8.79. The highest BCUT2D eigenvalue weighted by Gasteiger charge is 2.49. The van der Waals surface area contributed by atoms with E-state index in [2.05, 4.69) is 54.9 Å². The van der Waals surface area contributed by atoms with Crippen molar-refractivity contribution < 1.29 is 4.74 Å². The van der Waals surface area contributed by atoms with Crippen LogP contribution in [0.1, 0.15) is 25.0 Å². The van der Waals surface area contributed by atoms with E-state index in [9.17, 15) is 5.26 Å². The quantitative estimate of drug-likeness (QED) is 0.850. The van der Waals surface area contributed by atoms with Gasteiger partial charge in [-0.05, 0) is 36.1 Å². The minimum atomic E-state index is -0.128. The summed E-state index contributed by atoms with van der Waals surface area (Å²) in [5.74, 6) is 0.330. The van der Waals surface area contributed by atoms with Gasteiger partial charge in [0.05, 0.1) is 30.6 Å². The molecular weight excluding hydrogens is 290 g/mol. The zero-order chi connectivity index (χ0) is 13.3. The molecule has 18 heavy (non-hydrogen) atoms. The molecule has 1 atom stereocenters. The number of nitrogens with zero attached hydrogens (tertiary/aromatic N) is 1. The summed E-state index contributed by atoms with van der Waals surface area (Å²) < 4.78 is 6.52. The second kappa shape index (κ2) is 5.03. The molecule has 0 spiro atoms. The SMILES string of the molecule is Cc1ccc(Br)cc1C1(C(C#N)C(C)C)COC1. The summed E-state index contributed by atoms with van der Waals surface area (Å²) >= 11 is 3.53. The third-order valence-corrected chi connectivity index (χ3v) is 4.35. The zero-order valence-electron chi connectivity index (χ0n) is 11.0. The summed E-state index contributed by atoms with van der Waals surface area (Å²) in [5.41, 5.74) is 2.36. The van der Waals surface area contributed by atoms with Gasteiger partial charge in [-0.15, -0.1) is 0 Å². The highest BCUT2D eigenvalue weighted by Crippen LogP contribution is 2.44. The van der Waals surface area contributed by atoms with Gasteiger partial charge in [0.15, 0.2) is 0 Å². The molecule has 0 N–H and O–H groups in total. The van der Waals surface area contributed by atoms with Crippen LogP contribution < -0.4 is 0 Å². The Morgan fingerprint density at radius 3 is 2.50 bits per heavy atom. The van der Waals surface area contributed by atoms with E-state index in [1.54, 1.807) is 0 Å². The molecule has 0 aliphatic carbocycles. The molecule has 96 valence electrons. The van der Waals surface area contributed by atoms with Crippen LogP contribution >= 0.6 is 15.9 Å². The summed E-state index contributed by atoms with van der Waals surface area (Å²) in [6.45, 7) is 7.64. The molecule has 2 nitrogen and oxygen atoms in total. The monoisotopic (exact) mass is 307 g/mol. The molecule has 1 aromatic rings. The molecule has 1 heterocycles. The van der Waals surface area contributed by atoms with Crippen LogP contribution in [0.15, 0.2) is 22.7 Å². The second-order valence-corrected chi connectivity index (χ2v) is 6.37. The molecule has 1 aliphatic heterocycles. The van der Waals surface area contributed by atoms with E-state index < -0.39 is 0 Å². The van der Waals surface area contributed by atoms with Crippen LogP contribution in [0.5, 0.6) is 0 Å². The van der Waals surface area contributed by atoms with Crippen molar-refractivity contribution in [1.29, 1.82) is 5.26 Å². The fourth-order valence-electron chi connectivity index (χ4n) is 2.87. The molecule has 0 saturated carbocycles. The molecule has 1 aliphatic rings. The van der Waals surface area contributed by atoms with Crippen molar-refractivity contribution in [1.82, 2.24) is 0 Å². The van der Waals surface area contributed by atoms with E-state index in [1.807, 2.05) is 6.07 Å². The largest absolute Gasteiger partial charge is 0.379 e. The lowest BCUT2D eigenvalue weighted by atomic mass is 9.64. The summed E-state index contributed by atoms with van der Waals surface area (Å²) in [5, 5.41) is 9.50. The first-order chi connectivity index (χ1) is 8.51. The van der Waals surface area contributed by atoms with Gasteiger partial charge in [0.2, 0.25) is 0 Å². The smallest absolute Gasteiger partial charge is 0.0669 e. The number of ether oxygens (including phenoxy) is 1. The highest BCUT2D eigenvalue weighted by atomic mass is 79.9. The average Bonchev–Trinajstić information content (AvgIpc) is 2.26. The number of halogens is 1. The summed E-state index contributed by atoms with van der Waals surface area (Å²) in [4.78, 5) is 0. The van der Waals surface area contributed by atoms with E-state index in [0.717, 1.165) is 4.47 Å². The van der Waals surface area contributed by atoms with Crippen molar-refractivity contribution in [3.05, 3.63) is 33.8 Å². The minimum absolute atomic E-state index is 0.000694. The fourth-order valence-corrected chi connectivity index (χ4v) is 3.23. The zero-order valence-corrected chi connectivity index (χ0v) is 12.6. The number of hydrogen-bond acceptors (Lipinski definition) is 2. The van der Waals surface area contributed by atoms with Crippen LogP contribution in [0.3, 0.4) is 0 Å². The van der Waals surface area contributed by atoms with Crippen LogP contribution in [0.25, 0.3) is 0 Å². The molecule has 0 radical (unpaired) electrons. The lowest BCUT2D eigenvalue weighted by molar-refractivity contribution is -0.0879. The van der Waals surface area contributed by atoms with Gasteiger partial charge in [0.25, 0.3) is 0 Å². The first-order valence-corrected chi connectivity index (χ1v) is 7.04. The molecule has 1 aromatic carbocycles. The lowest BCUT2D eigenvalue weighted by Crippen LogP contribution is -2.54. The van der Waals surface area contributed by atoms with Crippen molar-refractivity contribution in [2.45, 2.75) is 26.2 Å². The maximum absolute atomic E-state index is 9.50. The van der Waals surface area contributed by atoms with Crippen molar-refractivity contribution in [2.24, 2.45) is 11.8 Å². The molecule has 0 amide bonds. The van der Waals surface area contributed by atoms with E-state index >= 15 is 0 Å². The lowest BCUT2D eigenvalue weighted by Gasteiger charge is -2.47. The predicted molar refractivity (Wildman–Crippen MR) is 75.3 cm³/mol. The molecular formula is C15H18BrNO. The van der Waals surface area contributed by atoms with Gasteiger partial charge >= 0.3 is 0 Å². The molecule has 2 rings (SSSR count). The maximum Gasteiger partial charge on any atom is 0.0669 e. The predicted octanol–water partition coefficient (Wildman–Crippen LogP) is 3.82. The number of hydrogen-bond donors (Lipinski definition) is 0. The van der Waals surface area contributed by atoms with Crippen LogP contribution in [0.4, 0.5) is 0 Å². The van der Waals surface area contributed by atoms with Crippen LogP contribution in [0.2, 0.25) is 0 Å². The molecule has 3 heteroatoms. The van der Waals surface area contributed by atoms with Crippen LogP contribution in [-0.4, -0.2) is 13.2 Å². The molecule has 0 aromatic heterocycles. The minimum Gasteiger partial charge on any atom is -0.379 e. The normalized spacial score (nSPS) is 19.1. The Kier molecular flexibility index (Phi) is 3.79. The van der Waals surface area contributed by atoms with Crippen molar-refractivity contribution in [3.8, 4) is 6.07 Å². The van der Waals surface area contributed by atoms with E-state index in [4.69, 9.17) is 4.74 Å². The topological polar surface area (TPSA) is 33.0 Å². The van der Waals surface area contributed by atoms with E-state index in [0.29, 0.717) is 19.1 Å². The number of nitriles is 1. The maximum atomic E-state index is 9.50. The standard InChI is InChI=1S/C15H18BrNO/c1-10(2)14(7-17)15(8-18-9-15)13-6-12(16)5-4-11(13)3/h4-6,10,14H,8-9H2,1-3H3. The van der Waals surface area contributed by atoms with Gasteiger partial charge in [-0.25, -0.2) is 0 Å². The van der Waals surface area contributed by atoms with E-state index in [1.165, 1.54) is 11.1 Å². The van der Waals surface area contributed by atoms with E-state index in [-0.39, 0.29) is 11.3 Å². The molecule has 1 saturated heterocycles. The van der Waals surface area contributed by atoms with Gasteiger partial charge in [-0.1, -0.05) is 35.8 Å². The Balaban J connectivity index is 2.50. The van der Waals surface area contributed by atoms with Crippen LogP contribution in [-0.2, 0) is 10.2 Å². The van der Waals surface area contributed by atoms with Crippen molar-refractivity contribution in [3.63, 3.8) is 0 Å². The van der Waals surface area contributed by atoms with Crippen molar-refractivity contribution in [2.75, 3.05) is 13.2 Å². The third kappa shape index (κ3) is 2.08. The van der Waals surface area contributed by atoms with Gasteiger partial charge in [0.1, 0.15) is 0 Å². The number of benzene rings is 1. The number of aryl methyl sites for hydroxylation is 1. The molecule has 1 unspecified atom stereocenters. The molecule has 0 bridgehead atoms. The van der Waals surface area contributed by atoms with Gasteiger partial charge in [0, 0.05) is 4.47 Å². The Morgan fingerprint density at radius 2 is 2.06 bits per heavy atom. The molecule has 1 fully saturated rings. The fraction of sp³-hybridized carbons (Fsp3) is 0.533. The summed E-state index contributed by atoms with van der Waals surface area (Å²) in [7, 11) is 0. The average molecular weight is 308 g/mol. The van der Waals surface area contributed by atoms with Gasteiger partial charge in [-0.3, -0.25) is 0 Å². The Bertz CT molecular complexity index is 486. The third-order valence-electron chi connectivity index (χ3n) is 3.86. The Hall–Kier alpha value is -0.850. The second-order valence-electron chi connectivity index (χ2n) is 5.46. The number of rotatable bonds is 3. The highest BCUT2D eigenvalue weighted by molar-refractivity contribution is 9.10. The first-order valence-electron chi connectivity index (χ1n) is 6.25. The Labute approximate surface area is 117 Å². The summed E-state index contributed by atoms with van der Waals surface area (Å²) in [6.07, 6.45) is 0. The van der Waals surface area contributed by atoms with Crippen molar-refractivity contribution >= 4 is 15.9 Å². The van der Waals surface area contributed by atoms with Gasteiger partial charge < -0.3 is 4.74 Å².